The Hall–Kier alpha value is -1.78. The molecule has 5 heteroatoms. The Morgan fingerprint density at radius 3 is 2.52 bits per heavy atom. The largest absolute Gasteiger partial charge is 0.350 e. The van der Waals surface area contributed by atoms with Crippen molar-refractivity contribution < 1.29 is 14.7 Å². The molecule has 1 aliphatic heterocycles. The van der Waals surface area contributed by atoms with E-state index < -0.39 is 0 Å². The average Bonchev–Trinajstić information content (AvgIpc) is 2.67. The van der Waals surface area contributed by atoms with Crippen LogP contribution in [0, 0.1) is 11.8 Å². The minimum Gasteiger partial charge on any atom is -0.350 e. The van der Waals surface area contributed by atoms with Crippen molar-refractivity contribution in [3.63, 3.8) is 0 Å². The third-order valence-corrected chi connectivity index (χ3v) is 5.90. The van der Waals surface area contributed by atoms with E-state index in [1.165, 1.54) is 32.1 Å². The molecule has 0 bridgehead atoms. The molecule has 1 saturated carbocycles. The third-order valence-electron chi connectivity index (χ3n) is 5.90. The number of hydrogen-bond donors (Lipinski definition) is 1. The first-order valence-electron chi connectivity index (χ1n) is 9.92. The fourth-order valence-corrected chi connectivity index (χ4v) is 4.28. The Balaban J connectivity index is 1.47. The molecule has 0 spiro atoms. The average molecular weight is 346 g/mol. The van der Waals surface area contributed by atoms with Crippen LogP contribution < -0.4 is 9.63 Å². The van der Waals surface area contributed by atoms with Gasteiger partial charge in [0.2, 0.25) is 5.91 Å². The molecule has 0 unspecified atom stereocenters. The van der Waals surface area contributed by atoms with Crippen LogP contribution in [0.25, 0.3) is 0 Å². The zero-order valence-corrected chi connectivity index (χ0v) is 15.4. The molecule has 1 amide bonds. The van der Waals surface area contributed by atoms with E-state index in [9.17, 15) is 10.0 Å². The quantitative estimate of drug-likeness (QED) is 0.659. The van der Waals surface area contributed by atoms with Gasteiger partial charge in [0.15, 0.2) is 0 Å². The number of hydrogen-bond acceptors (Lipinski definition) is 3. The van der Waals surface area contributed by atoms with E-state index in [2.05, 4.69) is 11.8 Å². The van der Waals surface area contributed by atoms with Crippen LogP contribution in [0.1, 0.15) is 51.9 Å². The monoisotopic (exact) mass is 346 g/mol. The Morgan fingerprint density at radius 1 is 1.16 bits per heavy atom. The summed E-state index contributed by atoms with van der Waals surface area (Å²) in [4.78, 5) is 17.0. The minimum absolute atomic E-state index is 0.240. The van der Waals surface area contributed by atoms with Gasteiger partial charge >= 0.3 is 5.82 Å². The smallest absolute Gasteiger partial charge is 0.316 e. The van der Waals surface area contributed by atoms with Crippen LogP contribution in [0.4, 0.5) is 5.82 Å². The topological polar surface area (TPSA) is 47.7 Å². The predicted octanol–water partition coefficient (Wildman–Crippen LogP) is 2.86. The number of anilines is 1. The van der Waals surface area contributed by atoms with Gasteiger partial charge in [0.1, 0.15) is 19.3 Å². The molecule has 2 heterocycles. The van der Waals surface area contributed by atoms with Crippen molar-refractivity contribution >= 4 is 11.7 Å². The second kappa shape index (κ2) is 8.54. The number of unbranched alkanes of at least 4 members (excludes halogenated alkanes) is 1. The maximum atomic E-state index is 12.8. The molecule has 2 aliphatic rings. The van der Waals surface area contributed by atoms with Crippen molar-refractivity contribution in [2.24, 2.45) is 11.8 Å². The summed E-state index contributed by atoms with van der Waals surface area (Å²) in [6.07, 6.45) is 10.2. The van der Waals surface area contributed by atoms with Crippen LogP contribution in [-0.2, 0) is 4.79 Å². The van der Waals surface area contributed by atoms with E-state index in [1.807, 2.05) is 17.0 Å². The van der Waals surface area contributed by atoms with Gasteiger partial charge in [-0.1, -0.05) is 37.0 Å². The highest BCUT2D eigenvalue weighted by molar-refractivity contribution is 5.79. The third kappa shape index (κ3) is 4.44. The number of rotatable bonds is 5. The molecule has 5 nitrogen and oxygen atoms in total. The van der Waals surface area contributed by atoms with Crippen molar-refractivity contribution in [3.05, 3.63) is 24.4 Å². The summed E-state index contributed by atoms with van der Waals surface area (Å²) in [5.41, 5.74) is 0. The summed E-state index contributed by atoms with van der Waals surface area (Å²) in [7, 11) is 0. The van der Waals surface area contributed by atoms with Gasteiger partial charge in [-0.05, 0) is 37.7 Å². The normalized spacial score (nSPS) is 24.4. The van der Waals surface area contributed by atoms with E-state index in [1.54, 1.807) is 12.3 Å². The number of amides is 1. The minimum atomic E-state index is 0.240. The van der Waals surface area contributed by atoms with Crippen molar-refractivity contribution in [2.45, 2.75) is 51.9 Å². The van der Waals surface area contributed by atoms with Gasteiger partial charge in [0.05, 0.1) is 13.1 Å². The predicted molar refractivity (Wildman–Crippen MR) is 97.6 cm³/mol. The van der Waals surface area contributed by atoms with Crippen LogP contribution in [-0.4, -0.2) is 42.2 Å². The van der Waals surface area contributed by atoms with E-state index >= 15 is 0 Å². The Morgan fingerprint density at radius 2 is 1.88 bits per heavy atom. The Bertz CT molecular complexity index is 562. The summed E-state index contributed by atoms with van der Waals surface area (Å²) >= 11 is 0. The molecular weight excluding hydrogens is 314 g/mol. The molecule has 1 N–H and O–H groups in total. The number of piperazine rings is 1. The fraction of sp³-hybridized carbons (Fsp3) is 0.700. The maximum absolute atomic E-state index is 12.8. The first kappa shape index (κ1) is 18.0. The van der Waals surface area contributed by atoms with Crippen molar-refractivity contribution in [3.8, 4) is 0 Å². The SMILES string of the molecule is CCCCC1CCC(C(=O)N2CCN(c3cccc[n+]3O)CC2)CC1. The number of pyridine rings is 1. The first-order valence-corrected chi connectivity index (χ1v) is 9.92. The molecular formula is C20H32N3O2+. The first-order chi connectivity index (χ1) is 12.2. The summed E-state index contributed by atoms with van der Waals surface area (Å²) in [5.74, 6) is 2.24. The van der Waals surface area contributed by atoms with E-state index in [0.717, 1.165) is 55.5 Å². The van der Waals surface area contributed by atoms with Gasteiger partial charge in [-0.2, -0.15) is 0 Å². The lowest BCUT2D eigenvalue weighted by Gasteiger charge is -2.35. The second-order valence-electron chi connectivity index (χ2n) is 7.58. The summed E-state index contributed by atoms with van der Waals surface area (Å²) in [6, 6.07) is 5.64. The molecule has 0 aromatic carbocycles. The molecule has 1 aromatic heterocycles. The maximum Gasteiger partial charge on any atom is 0.316 e. The molecule has 1 aliphatic carbocycles. The molecule has 1 saturated heterocycles. The van der Waals surface area contributed by atoms with Crippen LogP contribution >= 0.6 is 0 Å². The number of nitrogens with zero attached hydrogens (tertiary/aromatic N) is 3. The van der Waals surface area contributed by atoms with Gasteiger partial charge in [-0.25, -0.2) is 0 Å². The van der Waals surface area contributed by atoms with Crippen molar-refractivity contribution in [2.75, 3.05) is 31.1 Å². The van der Waals surface area contributed by atoms with Gasteiger partial charge < -0.3 is 10.1 Å². The molecule has 138 valence electrons. The highest BCUT2D eigenvalue weighted by atomic mass is 16.5. The van der Waals surface area contributed by atoms with E-state index in [4.69, 9.17) is 0 Å². The lowest BCUT2D eigenvalue weighted by molar-refractivity contribution is -0.894. The van der Waals surface area contributed by atoms with Crippen molar-refractivity contribution in [1.82, 2.24) is 4.90 Å². The summed E-state index contributed by atoms with van der Waals surface area (Å²) in [5, 5.41) is 9.92. The summed E-state index contributed by atoms with van der Waals surface area (Å²) in [6.45, 7) is 5.32. The molecule has 3 rings (SSSR count). The highest BCUT2D eigenvalue weighted by Crippen LogP contribution is 2.33. The molecule has 1 aromatic rings. The lowest BCUT2D eigenvalue weighted by Crippen LogP contribution is -2.53. The molecule has 0 radical (unpaired) electrons. The van der Waals surface area contributed by atoms with Crippen LogP contribution in [0.3, 0.4) is 0 Å². The van der Waals surface area contributed by atoms with E-state index in [0.29, 0.717) is 5.91 Å². The van der Waals surface area contributed by atoms with Gasteiger partial charge in [-0.3, -0.25) is 9.69 Å². The lowest BCUT2D eigenvalue weighted by atomic mass is 9.79. The van der Waals surface area contributed by atoms with Gasteiger partial charge in [-0.15, -0.1) is 0 Å². The van der Waals surface area contributed by atoms with Crippen LogP contribution in [0.2, 0.25) is 0 Å². The van der Waals surface area contributed by atoms with Gasteiger partial charge in [0.25, 0.3) is 0 Å². The van der Waals surface area contributed by atoms with E-state index in [-0.39, 0.29) is 5.92 Å². The number of aromatic nitrogens is 1. The zero-order chi connectivity index (χ0) is 17.6. The Labute approximate surface area is 151 Å². The van der Waals surface area contributed by atoms with Crippen molar-refractivity contribution in [1.29, 1.82) is 0 Å². The van der Waals surface area contributed by atoms with Gasteiger partial charge in [0, 0.05) is 12.0 Å². The molecule has 2 fully saturated rings. The summed E-state index contributed by atoms with van der Waals surface area (Å²) < 4.78 is 1.16. The number of carbonyl (C=O) groups is 1. The second-order valence-corrected chi connectivity index (χ2v) is 7.58. The standard InChI is InChI=1S/C20H32N3O2/c1-2-3-6-17-8-10-18(11-9-17)20(24)22-15-13-21(14-16-22)19-7-4-5-12-23(19)25/h4-5,7,12,17-18,25H,2-3,6,8-11,13-16H2,1H3/q+1. The fourth-order valence-electron chi connectivity index (χ4n) is 4.28. The highest BCUT2D eigenvalue weighted by Gasteiger charge is 2.33. The Kier molecular flexibility index (Phi) is 6.16. The van der Waals surface area contributed by atoms with Crippen LogP contribution in [0.15, 0.2) is 24.4 Å². The number of carbonyl (C=O) groups excluding carboxylic acids is 1. The van der Waals surface area contributed by atoms with Crippen LogP contribution in [0.5, 0.6) is 0 Å². The zero-order valence-electron chi connectivity index (χ0n) is 15.4. The molecule has 25 heavy (non-hydrogen) atoms. The molecule has 0 atom stereocenters.